The van der Waals surface area contributed by atoms with E-state index in [1.165, 1.54) is 13.1 Å². The van der Waals surface area contributed by atoms with Gasteiger partial charge in [-0.15, -0.1) is 0 Å². The molecule has 2 rings (SSSR count). The number of nitrogens with zero attached hydrogens (tertiary/aromatic N) is 1. The van der Waals surface area contributed by atoms with Crippen LogP contribution in [-0.2, 0) is 14.8 Å². The number of carbonyl (C=O) groups is 1. The summed E-state index contributed by atoms with van der Waals surface area (Å²) in [7, 11) is -2.83. The quantitative estimate of drug-likeness (QED) is 0.891. The molecule has 0 aromatic heterocycles. The SMILES string of the molecule is CN(CC(=O)NC1CC1)S(=O)(=O)c1ccc(Cl)cc1F. The van der Waals surface area contributed by atoms with E-state index >= 15 is 0 Å². The monoisotopic (exact) mass is 320 g/mol. The van der Waals surface area contributed by atoms with Crippen LogP contribution in [0, 0.1) is 5.82 Å². The van der Waals surface area contributed by atoms with Gasteiger partial charge in [-0.05, 0) is 31.0 Å². The highest BCUT2D eigenvalue weighted by atomic mass is 35.5. The van der Waals surface area contributed by atoms with Gasteiger partial charge < -0.3 is 5.32 Å². The van der Waals surface area contributed by atoms with Gasteiger partial charge in [-0.3, -0.25) is 4.79 Å². The van der Waals surface area contributed by atoms with E-state index in [4.69, 9.17) is 11.6 Å². The van der Waals surface area contributed by atoms with Crippen molar-refractivity contribution in [2.45, 2.75) is 23.8 Å². The van der Waals surface area contributed by atoms with Crippen molar-refractivity contribution in [1.29, 1.82) is 0 Å². The molecule has 0 unspecified atom stereocenters. The Bertz CT molecular complexity index is 632. The zero-order valence-electron chi connectivity index (χ0n) is 10.8. The molecule has 0 heterocycles. The van der Waals surface area contributed by atoms with E-state index in [0.717, 1.165) is 29.3 Å². The molecule has 8 heteroatoms. The molecule has 0 spiro atoms. The smallest absolute Gasteiger partial charge is 0.246 e. The van der Waals surface area contributed by atoms with E-state index in [0.29, 0.717) is 0 Å². The maximum absolute atomic E-state index is 13.7. The number of carbonyl (C=O) groups excluding carboxylic acids is 1. The Morgan fingerprint density at radius 2 is 2.15 bits per heavy atom. The molecule has 110 valence electrons. The minimum Gasteiger partial charge on any atom is -0.352 e. The number of amides is 1. The van der Waals surface area contributed by atoms with E-state index in [9.17, 15) is 17.6 Å². The lowest BCUT2D eigenvalue weighted by molar-refractivity contribution is -0.121. The second-order valence-electron chi connectivity index (χ2n) is 4.68. The molecule has 0 atom stereocenters. The summed E-state index contributed by atoms with van der Waals surface area (Å²) in [5.41, 5.74) is 0. The average molecular weight is 321 g/mol. The summed E-state index contributed by atoms with van der Waals surface area (Å²) in [5.74, 6) is -1.33. The molecule has 0 aliphatic heterocycles. The van der Waals surface area contributed by atoms with Gasteiger partial charge >= 0.3 is 0 Å². The fourth-order valence-electron chi connectivity index (χ4n) is 1.64. The van der Waals surface area contributed by atoms with Crippen molar-refractivity contribution in [3.8, 4) is 0 Å². The van der Waals surface area contributed by atoms with Gasteiger partial charge in [0, 0.05) is 18.1 Å². The van der Waals surface area contributed by atoms with Gasteiger partial charge in [0.05, 0.1) is 6.54 Å². The largest absolute Gasteiger partial charge is 0.352 e. The molecule has 1 amide bonds. The van der Waals surface area contributed by atoms with Crippen molar-refractivity contribution in [2.75, 3.05) is 13.6 Å². The summed E-state index contributed by atoms with van der Waals surface area (Å²) in [4.78, 5) is 11.1. The van der Waals surface area contributed by atoms with Crippen molar-refractivity contribution in [3.05, 3.63) is 29.0 Å². The van der Waals surface area contributed by atoms with Crippen LogP contribution in [0.3, 0.4) is 0 Å². The molecule has 1 fully saturated rings. The lowest BCUT2D eigenvalue weighted by Gasteiger charge is -2.17. The van der Waals surface area contributed by atoms with Crippen molar-refractivity contribution in [2.24, 2.45) is 0 Å². The number of hydrogen-bond donors (Lipinski definition) is 1. The lowest BCUT2D eigenvalue weighted by atomic mass is 10.3. The lowest BCUT2D eigenvalue weighted by Crippen LogP contribution is -2.39. The fourth-order valence-corrected chi connectivity index (χ4v) is 2.97. The highest BCUT2D eigenvalue weighted by Gasteiger charge is 2.28. The highest BCUT2D eigenvalue weighted by molar-refractivity contribution is 7.89. The molecule has 1 saturated carbocycles. The molecule has 1 N–H and O–H groups in total. The minimum absolute atomic E-state index is 0.107. The summed E-state index contributed by atoms with van der Waals surface area (Å²) in [6.07, 6.45) is 1.82. The third kappa shape index (κ3) is 3.47. The molecule has 0 radical (unpaired) electrons. The van der Waals surface area contributed by atoms with Crippen molar-refractivity contribution in [1.82, 2.24) is 9.62 Å². The summed E-state index contributed by atoms with van der Waals surface area (Å²) in [6, 6.07) is 3.44. The molecule has 1 aliphatic carbocycles. The average Bonchev–Trinajstić information content (AvgIpc) is 3.11. The Labute approximate surface area is 121 Å². The topological polar surface area (TPSA) is 66.5 Å². The Morgan fingerprint density at radius 3 is 2.70 bits per heavy atom. The van der Waals surface area contributed by atoms with Crippen LogP contribution in [0.2, 0.25) is 5.02 Å². The first kappa shape index (κ1) is 15.2. The van der Waals surface area contributed by atoms with Gasteiger partial charge in [0.2, 0.25) is 15.9 Å². The second-order valence-corrected chi connectivity index (χ2v) is 7.13. The summed E-state index contributed by atoms with van der Waals surface area (Å²) >= 11 is 5.58. The van der Waals surface area contributed by atoms with Crippen LogP contribution in [-0.4, -0.2) is 38.3 Å². The molecule has 0 bridgehead atoms. The molecule has 1 aliphatic rings. The minimum atomic E-state index is -4.06. The van der Waals surface area contributed by atoms with Gasteiger partial charge in [-0.2, -0.15) is 4.31 Å². The van der Waals surface area contributed by atoms with Gasteiger partial charge in [0.1, 0.15) is 10.7 Å². The molecular formula is C12H14ClFN2O3S. The molecule has 1 aromatic rings. The van der Waals surface area contributed by atoms with Gasteiger partial charge in [-0.1, -0.05) is 11.6 Å². The molecule has 1 aromatic carbocycles. The first-order valence-corrected chi connectivity index (χ1v) is 7.83. The molecule has 0 saturated heterocycles. The first-order chi connectivity index (χ1) is 9.30. The summed E-state index contributed by atoms with van der Waals surface area (Å²) < 4.78 is 38.8. The number of benzene rings is 1. The van der Waals surface area contributed by atoms with Crippen LogP contribution in [0.4, 0.5) is 4.39 Å². The number of likely N-dealkylation sites (N-methyl/N-ethyl adjacent to an activating group) is 1. The summed E-state index contributed by atoms with van der Waals surface area (Å²) in [5, 5.41) is 2.78. The third-order valence-corrected chi connectivity index (χ3v) is 4.96. The zero-order chi connectivity index (χ0) is 14.9. The fraction of sp³-hybridized carbons (Fsp3) is 0.417. The zero-order valence-corrected chi connectivity index (χ0v) is 12.3. The van der Waals surface area contributed by atoms with Crippen LogP contribution in [0.25, 0.3) is 0 Å². The molecular weight excluding hydrogens is 307 g/mol. The van der Waals surface area contributed by atoms with Crippen LogP contribution in [0.1, 0.15) is 12.8 Å². The van der Waals surface area contributed by atoms with E-state index in [1.54, 1.807) is 0 Å². The van der Waals surface area contributed by atoms with Crippen molar-refractivity contribution in [3.63, 3.8) is 0 Å². The Hall–Kier alpha value is -1.18. The van der Waals surface area contributed by atoms with Gasteiger partial charge in [0.15, 0.2) is 0 Å². The molecule has 20 heavy (non-hydrogen) atoms. The van der Waals surface area contributed by atoms with E-state index < -0.39 is 26.6 Å². The van der Waals surface area contributed by atoms with Crippen molar-refractivity contribution >= 4 is 27.5 Å². The Kier molecular flexibility index (Phi) is 4.31. The Morgan fingerprint density at radius 1 is 1.50 bits per heavy atom. The van der Waals surface area contributed by atoms with Crippen molar-refractivity contribution < 1.29 is 17.6 Å². The summed E-state index contributed by atoms with van der Waals surface area (Å²) in [6.45, 7) is -0.346. The van der Waals surface area contributed by atoms with Crippen LogP contribution < -0.4 is 5.32 Å². The van der Waals surface area contributed by atoms with Crippen LogP contribution in [0.15, 0.2) is 23.1 Å². The normalized spacial score (nSPS) is 15.4. The predicted octanol–water partition coefficient (Wildman–Crippen LogP) is 1.38. The standard InChI is InChI=1S/C12H14ClFN2O3S/c1-16(7-12(17)15-9-3-4-9)20(18,19)11-5-2-8(13)6-10(11)14/h2,5-6,9H,3-4,7H2,1H3,(H,15,17). The Balaban J connectivity index is 2.13. The number of halogens is 2. The second kappa shape index (κ2) is 5.67. The number of rotatable bonds is 5. The maximum atomic E-state index is 13.7. The highest BCUT2D eigenvalue weighted by Crippen LogP contribution is 2.22. The first-order valence-electron chi connectivity index (χ1n) is 6.01. The van der Waals surface area contributed by atoms with Gasteiger partial charge in [-0.25, -0.2) is 12.8 Å². The number of sulfonamides is 1. The molecule has 5 nitrogen and oxygen atoms in total. The number of hydrogen-bond acceptors (Lipinski definition) is 3. The predicted molar refractivity (Wildman–Crippen MR) is 72.4 cm³/mol. The van der Waals surface area contributed by atoms with E-state index in [1.807, 2.05) is 0 Å². The third-order valence-electron chi connectivity index (χ3n) is 2.89. The van der Waals surface area contributed by atoms with Crippen LogP contribution in [0.5, 0.6) is 0 Å². The van der Waals surface area contributed by atoms with Gasteiger partial charge in [0.25, 0.3) is 0 Å². The van der Waals surface area contributed by atoms with Crippen LogP contribution >= 0.6 is 11.6 Å². The maximum Gasteiger partial charge on any atom is 0.246 e. The number of nitrogens with one attached hydrogen (secondary N) is 1. The van der Waals surface area contributed by atoms with E-state index in [2.05, 4.69) is 5.32 Å². The van der Waals surface area contributed by atoms with E-state index in [-0.39, 0.29) is 17.6 Å².